The quantitative estimate of drug-likeness (QED) is 0.738. The minimum atomic E-state index is 0.120. The minimum absolute atomic E-state index is 0.120. The Hall–Kier alpha value is -2.56. The van der Waals surface area contributed by atoms with E-state index in [0.717, 1.165) is 11.1 Å². The molecule has 2 aromatic heterocycles. The summed E-state index contributed by atoms with van der Waals surface area (Å²) in [6.45, 7) is 1.97. The SMILES string of the molecule is COc1ccc(-c2nc3ncc(C)cc3[nH]2)c(O)c1. The molecule has 96 valence electrons. The highest BCUT2D eigenvalue weighted by atomic mass is 16.5. The van der Waals surface area contributed by atoms with Crippen LogP contribution >= 0.6 is 0 Å². The summed E-state index contributed by atoms with van der Waals surface area (Å²) in [6, 6.07) is 7.07. The van der Waals surface area contributed by atoms with Crippen molar-refractivity contribution < 1.29 is 9.84 Å². The molecule has 0 aliphatic heterocycles. The van der Waals surface area contributed by atoms with Crippen LogP contribution in [-0.4, -0.2) is 27.2 Å². The molecule has 5 heteroatoms. The van der Waals surface area contributed by atoms with Gasteiger partial charge >= 0.3 is 0 Å². The van der Waals surface area contributed by atoms with Crippen LogP contribution in [0.5, 0.6) is 11.5 Å². The van der Waals surface area contributed by atoms with E-state index in [1.54, 1.807) is 31.5 Å². The number of aromatic nitrogens is 3. The van der Waals surface area contributed by atoms with Crippen molar-refractivity contribution in [2.45, 2.75) is 6.92 Å². The number of phenols is 1. The lowest BCUT2D eigenvalue weighted by molar-refractivity contribution is 0.408. The number of aromatic hydroxyl groups is 1. The molecule has 3 rings (SSSR count). The van der Waals surface area contributed by atoms with Crippen LogP contribution in [-0.2, 0) is 0 Å². The van der Waals surface area contributed by atoms with Crippen molar-refractivity contribution in [3.8, 4) is 22.9 Å². The number of aromatic amines is 1. The summed E-state index contributed by atoms with van der Waals surface area (Å²) in [5.41, 5.74) is 3.17. The monoisotopic (exact) mass is 255 g/mol. The molecule has 0 saturated carbocycles. The molecule has 0 aliphatic carbocycles. The molecule has 0 saturated heterocycles. The molecule has 0 aliphatic rings. The van der Waals surface area contributed by atoms with Crippen LogP contribution < -0.4 is 4.74 Å². The molecule has 0 unspecified atom stereocenters. The number of ether oxygens (including phenoxy) is 1. The first kappa shape index (κ1) is 11.5. The van der Waals surface area contributed by atoms with Gasteiger partial charge < -0.3 is 14.8 Å². The number of hydrogen-bond donors (Lipinski definition) is 2. The fraction of sp³-hybridized carbons (Fsp3) is 0.143. The van der Waals surface area contributed by atoms with E-state index in [9.17, 15) is 5.11 Å². The summed E-state index contributed by atoms with van der Waals surface area (Å²) in [6.07, 6.45) is 1.76. The molecule has 0 fully saturated rings. The van der Waals surface area contributed by atoms with E-state index in [4.69, 9.17) is 4.74 Å². The van der Waals surface area contributed by atoms with Gasteiger partial charge in [0.05, 0.1) is 18.2 Å². The molecule has 0 amide bonds. The van der Waals surface area contributed by atoms with Gasteiger partial charge in [0.2, 0.25) is 0 Å². The van der Waals surface area contributed by atoms with Crippen LogP contribution in [0.25, 0.3) is 22.6 Å². The van der Waals surface area contributed by atoms with Crippen molar-refractivity contribution in [3.63, 3.8) is 0 Å². The number of pyridine rings is 1. The summed E-state index contributed by atoms with van der Waals surface area (Å²) >= 11 is 0. The van der Waals surface area contributed by atoms with Gasteiger partial charge in [0, 0.05) is 12.3 Å². The Morgan fingerprint density at radius 2 is 2.11 bits per heavy atom. The molecule has 0 radical (unpaired) electrons. The fourth-order valence-corrected chi connectivity index (χ4v) is 1.97. The summed E-state index contributed by atoms with van der Waals surface area (Å²) in [5, 5.41) is 10.00. The number of nitrogens with zero attached hydrogens (tertiary/aromatic N) is 2. The maximum Gasteiger partial charge on any atom is 0.178 e. The average Bonchev–Trinajstić information content (AvgIpc) is 2.81. The summed E-state index contributed by atoms with van der Waals surface area (Å²) in [4.78, 5) is 11.8. The summed E-state index contributed by atoms with van der Waals surface area (Å²) in [5.74, 6) is 1.31. The number of methoxy groups -OCH3 is 1. The van der Waals surface area contributed by atoms with Gasteiger partial charge in [-0.3, -0.25) is 0 Å². The van der Waals surface area contributed by atoms with Gasteiger partial charge in [0.1, 0.15) is 17.3 Å². The van der Waals surface area contributed by atoms with Crippen LogP contribution in [0.1, 0.15) is 5.56 Å². The van der Waals surface area contributed by atoms with Crippen LogP contribution in [0.15, 0.2) is 30.5 Å². The Kier molecular flexibility index (Phi) is 2.59. The maximum absolute atomic E-state index is 10.00. The Labute approximate surface area is 109 Å². The highest BCUT2D eigenvalue weighted by Gasteiger charge is 2.11. The highest BCUT2D eigenvalue weighted by Crippen LogP contribution is 2.31. The van der Waals surface area contributed by atoms with Crippen molar-refractivity contribution in [1.29, 1.82) is 0 Å². The molecular formula is C14H13N3O2. The van der Waals surface area contributed by atoms with Crippen LogP contribution in [0.2, 0.25) is 0 Å². The zero-order valence-electron chi connectivity index (χ0n) is 10.6. The first-order valence-corrected chi connectivity index (χ1v) is 5.87. The third-order valence-corrected chi connectivity index (χ3v) is 2.93. The largest absolute Gasteiger partial charge is 0.507 e. The van der Waals surface area contributed by atoms with Crippen molar-refractivity contribution >= 4 is 11.2 Å². The van der Waals surface area contributed by atoms with Gasteiger partial charge in [0.15, 0.2) is 5.65 Å². The number of imidazole rings is 1. The van der Waals surface area contributed by atoms with Gasteiger partial charge in [-0.05, 0) is 30.7 Å². The normalized spacial score (nSPS) is 10.8. The first-order chi connectivity index (χ1) is 9.17. The van der Waals surface area contributed by atoms with E-state index < -0.39 is 0 Å². The van der Waals surface area contributed by atoms with Crippen molar-refractivity contribution in [3.05, 3.63) is 36.0 Å². The van der Waals surface area contributed by atoms with E-state index >= 15 is 0 Å². The lowest BCUT2D eigenvalue weighted by Gasteiger charge is -2.03. The predicted octanol–water partition coefficient (Wildman–Crippen LogP) is 2.65. The number of phenolic OH excluding ortho intramolecular Hbond substituents is 1. The first-order valence-electron chi connectivity index (χ1n) is 5.87. The Bertz CT molecular complexity index is 750. The fourth-order valence-electron chi connectivity index (χ4n) is 1.97. The van der Waals surface area contributed by atoms with Crippen molar-refractivity contribution in [2.75, 3.05) is 7.11 Å². The lowest BCUT2D eigenvalue weighted by Crippen LogP contribution is -1.85. The third kappa shape index (κ3) is 1.99. The third-order valence-electron chi connectivity index (χ3n) is 2.93. The van der Waals surface area contributed by atoms with E-state index in [0.29, 0.717) is 22.8 Å². The van der Waals surface area contributed by atoms with E-state index in [-0.39, 0.29) is 5.75 Å². The highest BCUT2D eigenvalue weighted by molar-refractivity contribution is 5.78. The molecule has 1 aromatic carbocycles. The number of rotatable bonds is 2. The lowest BCUT2D eigenvalue weighted by atomic mass is 10.2. The molecule has 0 spiro atoms. The van der Waals surface area contributed by atoms with Crippen LogP contribution in [0.4, 0.5) is 0 Å². The van der Waals surface area contributed by atoms with Gasteiger partial charge in [-0.2, -0.15) is 0 Å². The zero-order chi connectivity index (χ0) is 13.4. The van der Waals surface area contributed by atoms with Gasteiger partial charge in [-0.1, -0.05) is 0 Å². The molecule has 2 heterocycles. The minimum Gasteiger partial charge on any atom is -0.507 e. The van der Waals surface area contributed by atoms with Gasteiger partial charge in [0.25, 0.3) is 0 Å². The second-order valence-electron chi connectivity index (χ2n) is 4.35. The Morgan fingerprint density at radius 1 is 1.26 bits per heavy atom. The second-order valence-corrected chi connectivity index (χ2v) is 4.35. The summed E-state index contributed by atoms with van der Waals surface area (Å²) in [7, 11) is 1.56. The Balaban J connectivity index is 2.13. The van der Waals surface area contributed by atoms with Gasteiger partial charge in [-0.25, -0.2) is 9.97 Å². The molecule has 5 nitrogen and oxygen atoms in total. The molecule has 2 N–H and O–H groups in total. The van der Waals surface area contributed by atoms with Crippen LogP contribution in [0.3, 0.4) is 0 Å². The van der Waals surface area contributed by atoms with E-state index in [1.807, 2.05) is 13.0 Å². The number of fused-ring (bicyclic) bond motifs is 1. The van der Waals surface area contributed by atoms with E-state index in [2.05, 4.69) is 15.0 Å². The molecular weight excluding hydrogens is 242 g/mol. The van der Waals surface area contributed by atoms with Gasteiger partial charge in [-0.15, -0.1) is 0 Å². The predicted molar refractivity (Wildman–Crippen MR) is 72.3 cm³/mol. The van der Waals surface area contributed by atoms with Crippen LogP contribution in [0, 0.1) is 6.92 Å². The number of hydrogen-bond acceptors (Lipinski definition) is 4. The maximum atomic E-state index is 10.00. The molecule has 3 aromatic rings. The standard InChI is InChI=1S/C14H13N3O2/c1-8-5-11-14(15-7-8)17-13(16-11)10-4-3-9(19-2)6-12(10)18/h3-7,18H,1-2H3,(H,15,16,17). The number of nitrogens with one attached hydrogen (secondary N) is 1. The van der Waals surface area contributed by atoms with Crippen molar-refractivity contribution in [2.24, 2.45) is 0 Å². The molecule has 0 atom stereocenters. The topological polar surface area (TPSA) is 71.0 Å². The smallest absolute Gasteiger partial charge is 0.178 e. The number of aryl methyl sites for hydroxylation is 1. The summed E-state index contributed by atoms with van der Waals surface area (Å²) < 4.78 is 5.06. The second kappa shape index (κ2) is 4.28. The average molecular weight is 255 g/mol. The molecule has 0 bridgehead atoms. The van der Waals surface area contributed by atoms with Crippen molar-refractivity contribution in [1.82, 2.24) is 15.0 Å². The number of H-pyrrole nitrogens is 1. The molecule has 19 heavy (non-hydrogen) atoms. The van der Waals surface area contributed by atoms with E-state index in [1.165, 1.54) is 0 Å². The Morgan fingerprint density at radius 3 is 2.84 bits per heavy atom. The number of benzene rings is 1. The zero-order valence-corrected chi connectivity index (χ0v) is 10.6.